The van der Waals surface area contributed by atoms with Gasteiger partial charge in [0, 0.05) is 23.3 Å². The van der Waals surface area contributed by atoms with Crippen LogP contribution in [0.5, 0.6) is 5.88 Å². The van der Waals surface area contributed by atoms with E-state index >= 15 is 0 Å². The molecule has 11 heteroatoms. The minimum Gasteiger partial charge on any atom is -0.744 e. The van der Waals surface area contributed by atoms with Crippen LogP contribution in [0.4, 0.5) is 8.78 Å². The third-order valence-electron chi connectivity index (χ3n) is 4.38. The average molecular weight is 439 g/mol. The molecule has 0 radical (unpaired) electrons. The molecule has 148 valence electrons. The summed E-state index contributed by atoms with van der Waals surface area (Å²) >= 11 is 0. The molecule has 4 rings (SSSR count). The second-order valence-electron chi connectivity index (χ2n) is 6.30. The molecule has 0 amide bonds. The van der Waals surface area contributed by atoms with Crippen molar-refractivity contribution in [2.24, 2.45) is 0 Å². The van der Waals surface area contributed by atoms with Crippen molar-refractivity contribution in [1.82, 2.24) is 14.6 Å². The minimum absolute atomic E-state index is 0. The smallest absolute Gasteiger partial charge is 0.744 e. The van der Waals surface area contributed by atoms with Crippen molar-refractivity contribution >= 4 is 15.8 Å². The third-order valence-corrected chi connectivity index (χ3v) is 5.23. The van der Waals surface area contributed by atoms with E-state index in [1.165, 1.54) is 24.3 Å². The number of aromatic nitrogens is 3. The summed E-state index contributed by atoms with van der Waals surface area (Å²) in [5.74, 6) is -1.83. The second-order valence-corrected chi connectivity index (χ2v) is 7.68. The van der Waals surface area contributed by atoms with Gasteiger partial charge < -0.3 is 9.66 Å². The fraction of sp³-hybridized carbons (Fsp3) is 0.0526. The summed E-state index contributed by atoms with van der Waals surface area (Å²) in [6.45, 7) is 1.60. The quantitative estimate of drug-likeness (QED) is 0.363. The summed E-state index contributed by atoms with van der Waals surface area (Å²) in [6, 6.07) is 9.39. The van der Waals surface area contributed by atoms with E-state index in [0.29, 0.717) is 11.3 Å². The minimum atomic E-state index is -4.60. The van der Waals surface area contributed by atoms with E-state index in [1.807, 2.05) is 0 Å². The van der Waals surface area contributed by atoms with Crippen molar-refractivity contribution in [2.75, 3.05) is 0 Å². The van der Waals surface area contributed by atoms with E-state index < -0.39 is 26.6 Å². The molecule has 4 aromatic rings. The molecule has 0 aliphatic heterocycles. The maximum atomic E-state index is 14.3. The monoisotopic (exact) mass is 439 g/mol. The standard InChI is InChI=1S/C19H13F2N3O4S.Na/c1-10-18(14-7-4-12(20)8-15(14)21)19-22-16(9-17(25)24(19)23-10)11-2-5-13(6-3-11)29(26,27)28;/h2-9,25H,1H3,(H,26,27,28);/q;+1/p-1. The number of hydrogen-bond donors (Lipinski definition) is 1. The molecule has 0 spiro atoms. The van der Waals surface area contributed by atoms with Crippen LogP contribution in [0.1, 0.15) is 5.69 Å². The molecule has 2 heterocycles. The Labute approximate surface area is 192 Å². The fourth-order valence-corrected chi connectivity index (χ4v) is 3.53. The first kappa shape index (κ1) is 22.3. The Morgan fingerprint density at radius 1 is 1.07 bits per heavy atom. The van der Waals surface area contributed by atoms with Crippen molar-refractivity contribution in [3.63, 3.8) is 0 Å². The fourth-order valence-electron chi connectivity index (χ4n) is 3.06. The van der Waals surface area contributed by atoms with Crippen molar-refractivity contribution in [3.8, 4) is 28.3 Å². The zero-order valence-corrected chi connectivity index (χ0v) is 18.6. The van der Waals surface area contributed by atoms with Gasteiger partial charge in [-0.15, -0.1) is 0 Å². The van der Waals surface area contributed by atoms with E-state index in [9.17, 15) is 26.9 Å². The summed E-state index contributed by atoms with van der Waals surface area (Å²) in [4.78, 5) is 4.01. The molecular weight excluding hydrogens is 427 g/mol. The predicted octanol–water partition coefficient (Wildman–Crippen LogP) is 0.264. The Bertz CT molecular complexity index is 1370. The summed E-state index contributed by atoms with van der Waals surface area (Å²) in [6.07, 6.45) is 0. The van der Waals surface area contributed by atoms with Crippen LogP contribution in [0.25, 0.3) is 28.0 Å². The molecule has 30 heavy (non-hydrogen) atoms. The maximum absolute atomic E-state index is 14.3. The Kier molecular flexibility index (Phi) is 5.99. The van der Waals surface area contributed by atoms with Crippen LogP contribution < -0.4 is 29.6 Å². The van der Waals surface area contributed by atoms with E-state index in [4.69, 9.17) is 0 Å². The molecular formula is C19H12F2N3NaO4S. The van der Waals surface area contributed by atoms with Gasteiger partial charge in [-0.1, -0.05) is 12.1 Å². The predicted molar refractivity (Wildman–Crippen MR) is 98.1 cm³/mol. The first-order chi connectivity index (χ1) is 13.6. The zero-order valence-electron chi connectivity index (χ0n) is 15.8. The second kappa shape index (κ2) is 8.05. The van der Waals surface area contributed by atoms with Gasteiger partial charge >= 0.3 is 29.6 Å². The number of benzene rings is 2. The molecule has 0 bridgehead atoms. The Hall–Kier alpha value is -2.37. The summed E-state index contributed by atoms with van der Waals surface area (Å²) in [5.41, 5.74) is 1.49. The van der Waals surface area contributed by atoms with Crippen LogP contribution in [0, 0.1) is 18.6 Å². The molecule has 0 fully saturated rings. The molecule has 0 saturated heterocycles. The number of fused-ring (bicyclic) bond motifs is 1. The molecule has 7 nitrogen and oxygen atoms in total. The van der Waals surface area contributed by atoms with Gasteiger partial charge in [0.2, 0.25) is 5.88 Å². The van der Waals surface area contributed by atoms with Crippen molar-refractivity contribution in [1.29, 1.82) is 0 Å². The summed E-state index contributed by atoms with van der Waals surface area (Å²) in [5, 5.41) is 14.5. The van der Waals surface area contributed by atoms with Gasteiger partial charge in [-0.05, 0) is 31.2 Å². The van der Waals surface area contributed by atoms with Gasteiger partial charge in [0.25, 0.3) is 0 Å². The Morgan fingerprint density at radius 3 is 2.33 bits per heavy atom. The summed E-state index contributed by atoms with van der Waals surface area (Å²) < 4.78 is 62.0. The van der Waals surface area contributed by atoms with Gasteiger partial charge in [0.1, 0.15) is 21.8 Å². The van der Waals surface area contributed by atoms with Crippen LogP contribution in [0.2, 0.25) is 0 Å². The van der Waals surface area contributed by atoms with Gasteiger partial charge in [0.05, 0.1) is 21.8 Å². The number of halogens is 2. The van der Waals surface area contributed by atoms with Gasteiger partial charge in [-0.3, -0.25) is 0 Å². The number of hydrogen-bond acceptors (Lipinski definition) is 6. The molecule has 0 saturated carbocycles. The Morgan fingerprint density at radius 2 is 1.73 bits per heavy atom. The molecule has 0 atom stereocenters. The SMILES string of the molecule is Cc1nn2c(O)cc(-c3ccc(S(=O)(=O)[O-])cc3)nc2c1-c1ccc(F)cc1F.[Na+]. The topological polar surface area (TPSA) is 108 Å². The van der Waals surface area contributed by atoms with Crippen LogP contribution in [-0.2, 0) is 10.1 Å². The number of aryl methyl sites for hydroxylation is 1. The molecule has 0 aliphatic rings. The maximum Gasteiger partial charge on any atom is 1.00 e. The van der Waals surface area contributed by atoms with Crippen molar-refractivity contribution in [2.45, 2.75) is 11.8 Å². The Balaban J connectivity index is 0.00000256. The molecule has 0 aliphatic carbocycles. The zero-order chi connectivity index (χ0) is 20.9. The van der Waals surface area contributed by atoms with E-state index in [2.05, 4.69) is 10.1 Å². The number of rotatable bonds is 3. The third kappa shape index (κ3) is 3.96. The van der Waals surface area contributed by atoms with Crippen LogP contribution >= 0.6 is 0 Å². The number of nitrogens with zero attached hydrogens (tertiary/aromatic N) is 3. The van der Waals surface area contributed by atoms with E-state index in [1.54, 1.807) is 6.92 Å². The first-order valence-corrected chi connectivity index (χ1v) is 9.67. The van der Waals surface area contributed by atoms with Crippen LogP contribution in [0.3, 0.4) is 0 Å². The van der Waals surface area contributed by atoms with Crippen LogP contribution in [-0.4, -0.2) is 32.7 Å². The van der Waals surface area contributed by atoms with Crippen molar-refractivity contribution < 1.29 is 56.4 Å². The first-order valence-electron chi connectivity index (χ1n) is 8.26. The van der Waals surface area contributed by atoms with Gasteiger partial charge in [0.15, 0.2) is 5.65 Å². The molecule has 0 unspecified atom stereocenters. The number of aromatic hydroxyl groups is 1. The normalized spacial score (nSPS) is 11.5. The van der Waals surface area contributed by atoms with E-state index in [0.717, 1.165) is 28.8 Å². The van der Waals surface area contributed by atoms with Crippen LogP contribution in [0.15, 0.2) is 53.4 Å². The van der Waals surface area contributed by atoms with Gasteiger partial charge in [-0.2, -0.15) is 9.61 Å². The summed E-state index contributed by atoms with van der Waals surface area (Å²) in [7, 11) is -4.60. The van der Waals surface area contributed by atoms with E-state index in [-0.39, 0.29) is 57.9 Å². The van der Waals surface area contributed by atoms with Crippen molar-refractivity contribution in [3.05, 3.63) is 65.9 Å². The molecule has 1 N–H and O–H groups in total. The molecule has 2 aromatic carbocycles. The largest absolute Gasteiger partial charge is 1.00 e. The average Bonchev–Trinajstić information content (AvgIpc) is 2.98. The van der Waals surface area contributed by atoms with Gasteiger partial charge in [-0.25, -0.2) is 22.2 Å². The molecule has 2 aromatic heterocycles.